The van der Waals surface area contributed by atoms with Gasteiger partial charge >= 0.3 is 6.18 Å². The normalized spacial score (nSPS) is 18.7. The molecule has 0 bridgehead atoms. The van der Waals surface area contributed by atoms with Crippen LogP contribution >= 0.6 is 0 Å². The third-order valence-electron chi connectivity index (χ3n) is 3.68. The molecule has 1 heterocycles. The molecule has 0 atom stereocenters. The number of halogens is 3. The number of alkyl halides is 3. The van der Waals surface area contributed by atoms with Gasteiger partial charge in [0.2, 0.25) is 0 Å². The highest BCUT2D eigenvalue weighted by atomic mass is 19.4. The number of piperidine rings is 1. The zero-order chi connectivity index (χ0) is 14.0. The zero-order valence-corrected chi connectivity index (χ0v) is 10.9. The molecule has 1 aromatic rings. The van der Waals surface area contributed by atoms with Gasteiger partial charge in [-0.3, -0.25) is 4.90 Å². The molecule has 1 aliphatic rings. The fourth-order valence-electron chi connectivity index (χ4n) is 2.50. The minimum Gasteiger partial charge on any atom is -0.508 e. The van der Waals surface area contributed by atoms with E-state index in [-0.39, 0.29) is 18.6 Å². The van der Waals surface area contributed by atoms with Crippen molar-refractivity contribution in [1.29, 1.82) is 0 Å². The van der Waals surface area contributed by atoms with E-state index in [1.807, 2.05) is 24.0 Å². The molecule has 1 fully saturated rings. The first-order valence-corrected chi connectivity index (χ1v) is 6.44. The number of nitrogens with zero attached hydrogens (tertiary/aromatic N) is 1. The number of phenolic OH excluding ortho intramolecular Hbond substituents is 1. The highest BCUT2D eigenvalue weighted by molar-refractivity contribution is 5.35. The Kier molecular flexibility index (Phi) is 4.04. The van der Waals surface area contributed by atoms with Crippen LogP contribution in [0.5, 0.6) is 5.75 Å². The molecule has 0 aliphatic carbocycles. The SMILES string of the molecule is Cc1ccc(O)c(CN2CCC(C(F)(F)F)CC2)c1. The van der Waals surface area contributed by atoms with Crippen LogP contribution in [0, 0.1) is 12.8 Å². The summed E-state index contributed by atoms with van der Waals surface area (Å²) in [4.78, 5) is 1.97. The Morgan fingerprint density at radius 3 is 2.47 bits per heavy atom. The topological polar surface area (TPSA) is 23.5 Å². The van der Waals surface area contributed by atoms with Gasteiger partial charge in [0.1, 0.15) is 5.75 Å². The highest BCUT2D eigenvalue weighted by Crippen LogP contribution is 2.34. The molecule has 0 radical (unpaired) electrons. The standard InChI is InChI=1S/C14H18F3NO/c1-10-2-3-13(19)11(8-10)9-18-6-4-12(5-7-18)14(15,16)17/h2-3,8,12,19H,4-7,9H2,1H3. The number of aryl methyl sites for hydroxylation is 1. The van der Waals surface area contributed by atoms with Gasteiger partial charge in [0, 0.05) is 12.1 Å². The van der Waals surface area contributed by atoms with Crippen molar-refractivity contribution >= 4 is 0 Å². The molecule has 1 saturated heterocycles. The maximum atomic E-state index is 12.6. The lowest BCUT2D eigenvalue weighted by molar-refractivity contribution is -0.185. The van der Waals surface area contributed by atoms with Crippen LogP contribution in [0.25, 0.3) is 0 Å². The van der Waals surface area contributed by atoms with E-state index < -0.39 is 12.1 Å². The molecule has 19 heavy (non-hydrogen) atoms. The Hall–Kier alpha value is -1.23. The summed E-state index contributed by atoms with van der Waals surface area (Å²) >= 11 is 0. The van der Waals surface area contributed by atoms with E-state index in [1.165, 1.54) is 0 Å². The van der Waals surface area contributed by atoms with Crippen LogP contribution in [-0.4, -0.2) is 29.3 Å². The maximum absolute atomic E-state index is 12.6. The van der Waals surface area contributed by atoms with Gasteiger partial charge in [-0.15, -0.1) is 0 Å². The third-order valence-corrected chi connectivity index (χ3v) is 3.68. The maximum Gasteiger partial charge on any atom is 0.391 e. The molecular weight excluding hydrogens is 255 g/mol. The summed E-state index contributed by atoms with van der Waals surface area (Å²) in [5.74, 6) is -0.960. The van der Waals surface area contributed by atoms with Crippen LogP contribution in [0.3, 0.4) is 0 Å². The van der Waals surface area contributed by atoms with E-state index in [1.54, 1.807) is 6.07 Å². The van der Waals surface area contributed by atoms with E-state index in [4.69, 9.17) is 0 Å². The Morgan fingerprint density at radius 1 is 1.26 bits per heavy atom. The van der Waals surface area contributed by atoms with Crippen molar-refractivity contribution in [1.82, 2.24) is 4.90 Å². The van der Waals surface area contributed by atoms with E-state index >= 15 is 0 Å². The zero-order valence-electron chi connectivity index (χ0n) is 10.9. The summed E-state index contributed by atoms with van der Waals surface area (Å²) in [6.07, 6.45) is -3.77. The summed E-state index contributed by atoms with van der Waals surface area (Å²) < 4.78 is 37.7. The molecule has 2 nitrogen and oxygen atoms in total. The smallest absolute Gasteiger partial charge is 0.391 e. The Bertz CT molecular complexity index is 437. The summed E-state index contributed by atoms with van der Waals surface area (Å²) in [5, 5.41) is 9.74. The van der Waals surface area contributed by atoms with Gasteiger partial charge in [-0.25, -0.2) is 0 Å². The Labute approximate surface area is 110 Å². The Balaban J connectivity index is 1.94. The first-order chi connectivity index (χ1) is 8.86. The van der Waals surface area contributed by atoms with Crippen LogP contribution in [0.15, 0.2) is 18.2 Å². The minimum absolute atomic E-state index is 0.149. The second kappa shape index (κ2) is 5.41. The van der Waals surface area contributed by atoms with E-state index in [0.29, 0.717) is 19.6 Å². The van der Waals surface area contributed by atoms with Gasteiger partial charge in [0.25, 0.3) is 0 Å². The number of rotatable bonds is 2. The van der Waals surface area contributed by atoms with Crippen LogP contribution in [-0.2, 0) is 6.54 Å². The van der Waals surface area contributed by atoms with E-state index in [9.17, 15) is 18.3 Å². The Morgan fingerprint density at radius 2 is 1.89 bits per heavy atom. The summed E-state index contributed by atoms with van der Waals surface area (Å²) in [6, 6.07) is 5.33. The van der Waals surface area contributed by atoms with Crippen LogP contribution in [0.2, 0.25) is 0 Å². The van der Waals surface area contributed by atoms with Crippen molar-refractivity contribution < 1.29 is 18.3 Å². The molecule has 1 N–H and O–H groups in total. The van der Waals surface area contributed by atoms with E-state index in [0.717, 1.165) is 11.1 Å². The number of aromatic hydroxyl groups is 1. The second-order valence-corrected chi connectivity index (χ2v) is 5.22. The number of phenols is 1. The molecular formula is C14H18F3NO. The average molecular weight is 273 g/mol. The molecule has 5 heteroatoms. The van der Waals surface area contributed by atoms with E-state index in [2.05, 4.69) is 0 Å². The molecule has 1 aromatic carbocycles. The third kappa shape index (κ3) is 3.62. The van der Waals surface area contributed by atoms with Crippen molar-refractivity contribution in [3.05, 3.63) is 29.3 Å². The molecule has 1 aliphatic heterocycles. The van der Waals surface area contributed by atoms with Crippen LogP contribution < -0.4 is 0 Å². The number of hydrogen-bond donors (Lipinski definition) is 1. The minimum atomic E-state index is -4.07. The fraction of sp³-hybridized carbons (Fsp3) is 0.571. The van der Waals surface area contributed by atoms with Gasteiger partial charge < -0.3 is 5.11 Å². The summed E-state index contributed by atoms with van der Waals surface area (Å²) in [6.45, 7) is 3.30. The van der Waals surface area contributed by atoms with Crippen molar-refractivity contribution in [3.8, 4) is 5.75 Å². The van der Waals surface area contributed by atoms with Crippen molar-refractivity contribution in [3.63, 3.8) is 0 Å². The lowest BCUT2D eigenvalue weighted by Gasteiger charge is -2.33. The number of likely N-dealkylation sites (tertiary alicyclic amines) is 1. The predicted octanol–water partition coefficient (Wildman–Crippen LogP) is 3.47. The van der Waals surface area contributed by atoms with Gasteiger partial charge in [0.15, 0.2) is 0 Å². The molecule has 0 amide bonds. The largest absolute Gasteiger partial charge is 0.508 e. The molecule has 2 rings (SSSR count). The van der Waals surface area contributed by atoms with Gasteiger partial charge in [-0.05, 0) is 38.9 Å². The first-order valence-electron chi connectivity index (χ1n) is 6.44. The fourth-order valence-corrected chi connectivity index (χ4v) is 2.50. The molecule has 0 aromatic heterocycles. The lowest BCUT2D eigenvalue weighted by Crippen LogP contribution is -2.38. The number of hydrogen-bond acceptors (Lipinski definition) is 2. The van der Waals surface area contributed by atoms with Crippen LogP contribution in [0.4, 0.5) is 13.2 Å². The quantitative estimate of drug-likeness (QED) is 0.891. The van der Waals surface area contributed by atoms with Crippen molar-refractivity contribution in [2.45, 2.75) is 32.5 Å². The average Bonchev–Trinajstić information content (AvgIpc) is 2.33. The first kappa shape index (κ1) is 14.2. The van der Waals surface area contributed by atoms with Crippen LogP contribution in [0.1, 0.15) is 24.0 Å². The van der Waals surface area contributed by atoms with Gasteiger partial charge in [-0.1, -0.05) is 17.7 Å². The second-order valence-electron chi connectivity index (χ2n) is 5.22. The molecule has 0 unspecified atom stereocenters. The summed E-state index contributed by atoms with van der Waals surface area (Å²) in [7, 11) is 0. The molecule has 106 valence electrons. The summed E-state index contributed by atoms with van der Waals surface area (Å²) in [5.41, 5.74) is 1.82. The monoisotopic (exact) mass is 273 g/mol. The van der Waals surface area contributed by atoms with Crippen molar-refractivity contribution in [2.24, 2.45) is 5.92 Å². The molecule has 0 spiro atoms. The highest BCUT2D eigenvalue weighted by Gasteiger charge is 2.40. The lowest BCUT2D eigenvalue weighted by atomic mass is 9.96. The predicted molar refractivity (Wildman–Crippen MR) is 66.9 cm³/mol. The van der Waals surface area contributed by atoms with Gasteiger partial charge in [0.05, 0.1) is 5.92 Å². The number of benzene rings is 1. The molecule has 0 saturated carbocycles. The van der Waals surface area contributed by atoms with Crippen molar-refractivity contribution in [2.75, 3.05) is 13.1 Å². The van der Waals surface area contributed by atoms with Gasteiger partial charge in [-0.2, -0.15) is 13.2 Å².